The van der Waals surface area contributed by atoms with Gasteiger partial charge in [-0.1, -0.05) is 18.2 Å². The number of likely N-dealkylation sites (tertiary alicyclic amines) is 1. The maximum atomic E-state index is 13.6. The summed E-state index contributed by atoms with van der Waals surface area (Å²) in [7, 11) is -2.55. The van der Waals surface area contributed by atoms with Crippen LogP contribution < -0.4 is 8.61 Å². The number of pyridine rings is 2. The molecule has 0 bridgehead atoms. The number of anilines is 2. The standard InChI is InChI=1S/C28H31F2N5O3S/c1-19-6-7-20(17-34-13-10-27(36,11-14-34)25-5-3-4-12-31-25)15-22(19)23-8-9-24-26(32-23)33(2)39(37,38)35(24)18-21-16-28(21,29)30/h3-9,12,15,21,36H,10-11,13-14,16-18H2,1-2H3. The van der Waals surface area contributed by atoms with Gasteiger partial charge in [-0.05, 0) is 61.2 Å². The number of aryl methyl sites for hydroxylation is 1. The van der Waals surface area contributed by atoms with E-state index in [2.05, 4.69) is 27.0 Å². The van der Waals surface area contributed by atoms with Gasteiger partial charge in [-0.15, -0.1) is 0 Å². The topological polar surface area (TPSA) is 89.9 Å². The van der Waals surface area contributed by atoms with Crippen molar-refractivity contribution in [1.29, 1.82) is 0 Å². The fraction of sp³-hybridized carbons (Fsp3) is 0.429. The van der Waals surface area contributed by atoms with Gasteiger partial charge in [0.25, 0.3) is 5.92 Å². The fourth-order valence-electron chi connectivity index (χ4n) is 5.54. The lowest BCUT2D eigenvalue weighted by Gasteiger charge is -2.37. The zero-order chi connectivity index (χ0) is 27.6. The third-order valence-corrected chi connectivity index (χ3v) is 9.96. The molecular formula is C28H31F2N5O3S. The minimum Gasteiger partial charge on any atom is -0.383 e. The lowest BCUT2D eigenvalue weighted by atomic mass is 9.87. The molecule has 0 amide bonds. The Morgan fingerprint density at radius 3 is 2.51 bits per heavy atom. The number of alkyl halides is 2. The highest BCUT2D eigenvalue weighted by Crippen LogP contribution is 2.51. The molecule has 39 heavy (non-hydrogen) atoms. The van der Waals surface area contributed by atoms with Crippen molar-refractivity contribution < 1.29 is 22.3 Å². The molecular weight excluding hydrogens is 524 g/mol. The predicted octanol–water partition coefficient (Wildman–Crippen LogP) is 4.09. The molecule has 3 aliphatic rings. The smallest absolute Gasteiger partial charge is 0.327 e. The summed E-state index contributed by atoms with van der Waals surface area (Å²) in [4.78, 5) is 11.3. The first-order valence-electron chi connectivity index (χ1n) is 13.1. The number of rotatable bonds is 6. The first-order chi connectivity index (χ1) is 18.5. The predicted molar refractivity (Wildman–Crippen MR) is 145 cm³/mol. The molecule has 4 heterocycles. The van der Waals surface area contributed by atoms with E-state index in [1.807, 2.05) is 31.2 Å². The normalized spacial score (nSPS) is 23.1. The number of fused-ring (bicyclic) bond motifs is 1. The molecule has 2 fully saturated rings. The molecule has 3 aromatic rings. The molecule has 8 nitrogen and oxygen atoms in total. The Morgan fingerprint density at radius 2 is 1.85 bits per heavy atom. The third kappa shape index (κ3) is 4.66. The second kappa shape index (κ2) is 9.21. The summed E-state index contributed by atoms with van der Waals surface area (Å²) in [6.45, 7) is 3.88. The largest absolute Gasteiger partial charge is 0.383 e. The van der Waals surface area contributed by atoms with Gasteiger partial charge in [0, 0.05) is 57.3 Å². The van der Waals surface area contributed by atoms with Gasteiger partial charge in [-0.25, -0.2) is 22.4 Å². The summed E-state index contributed by atoms with van der Waals surface area (Å²) < 4.78 is 55.2. The Labute approximate surface area is 227 Å². The van der Waals surface area contributed by atoms with Crippen molar-refractivity contribution in [1.82, 2.24) is 14.9 Å². The van der Waals surface area contributed by atoms with E-state index in [-0.39, 0.29) is 18.8 Å². The molecule has 6 rings (SSSR count). The van der Waals surface area contributed by atoms with Crippen LogP contribution >= 0.6 is 0 Å². The highest BCUT2D eigenvalue weighted by molar-refractivity contribution is 7.94. The summed E-state index contributed by atoms with van der Waals surface area (Å²) in [6, 6.07) is 15.2. The van der Waals surface area contributed by atoms with Gasteiger partial charge in [-0.3, -0.25) is 9.88 Å². The Morgan fingerprint density at radius 1 is 1.10 bits per heavy atom. The van der Waals surface area contributed by atoms with Crippen molar-refractivity contribution >= 4 is 21.7 Å². The van der Waals surface area contributed by atoms with E-state index >= 15 is 0 Å². The van der Waals surface area contributed by atoms with E-state index in [0.717, 1.165) is 38.4 Å². The number of hydrogen-bond acceptors (Lipinski definition) is 6. The molecule has 206 valence electrons. The van der Waals surface area contributed by atoms with E-state index in [0.29, 0.717) is 36.5 Å². The summed E-state index contributed by atoms with van der Waals surface area (Å²) in [5, 5.41) is 11.1. The maximum absolute atomic E-state index is 13.6. The van der Waals surface area contributed by atoms with E-state index in [9.17, 15) is 22.3 Å². The molecule has 1 unspecified atom stereocenters. The third-order valence-electron chi connectivity index (χ3n) is 8.20. The first-order valence-corrected chi connectivity index (χ1v) is 14.5. The second-order valence-corrected chi connectivity index (χ2v) is 12.8. The van der Waals surface area contributed by atoms with Crippen LogP contribution in [-0.2, 0) is 22.4 Å². The Balaban J connectivity index is 1.21. The fourth-order valence-corrected chi connectivity index (χ4v) is 6.94. The van der Waals surface area contributed by atoms with Crippen LogP contribution in [0.25, 0.3) is 11.3 Å². The average molecular weight is 556 g/mol. The number of benzene rings is 1. The van der Waals surface area contributed by atoms with Crippen LogP contribution in [0, 0.1) is 12.8 Å². The van der Waals surface area contributed by atoms with Crippen molar-refractivity contribution in [2.24, 2.45) is 5.92 Å². The molecule has 1 aromatic carbocycles. The molecule has 1 N–H and O–H groups in total. The van der Waals surface area contributed by atoms with E-state index in [4.69, 9.17) is 0 Å². The highest BCUT2D eigenvalue weighted by atomic mass is 32.2. The van der Waals surface area contributed by atoms with Crippen LogP contribution in [0.3, 0.4) is 0 Å². The zero-order valence-electron chi connectivity index (χ0n) is 21.9. The Bertz CT molecular complexity index is 1510. The number of halogens is 2. The van der Waals surface area contributed by atoms with Crippen molar-refractivity contribution in [2.45, 2.75) is 44.3 Å². The molecule has 1 aliphatic carbocycles. The number of hydrogen-bond donors (Lipinski definition) is 1. The quantitative estimate of drug-likeness (QED) is 0.493. The van der Waals surface area contributed by atoms with Gasteiger partial charge in [-0.2, -0.15) is 8.42 Å². The van der Waals surface area contributed by atoms with Gasteiger partial charge in [0.1, 0.15) is 5.60 Å². The zero-order valence-corrected chi connectivity index (χ0v) is 22.7. The lowest BCUT2D eigenvalue weighted by Crippen LogP contribution is -2.42. The molecule has 0 radical (unpaired) electrons. The van der Waals surface area contributed by atoms with Crippen molar-refractivity contribution in [3.63, 3.8) is 0 Å². The molecule has 11 heteroatoms. The molecule has 1 saturated heterocycles. The minimum atomic E-state index is -3.96. The Kier molecular flexibility index (Phi) is 6.16. The SMILES string of the molecule is Cc1ccc(CN2CCC(O)(c3ccccn3)CC2)cc1-c1ccc2c(n1)N(C)S(=O)(=O)N2CC1CC1(F)F. The van der Waals surface area contributed by atoms with Gasteiger partial charge in [0.15, 0.2) is 5.82 Å². The van der Waals surface area contributed by atoms with Crippen LogP contribution in [0.15, 0.2) is 54.7 Å². The molecule has 2 aliphatic heterocycles. The van der Waals surface area contributed by atoms with Crippen LogP contribution in [0.4, 0.5) is 20.3 Å². The summed E-state index contributed by atoms with van der Waals surface area (Å²) in [5.74, 6) is -3.54. The number of aromatic nitrogens is 2. The van der Waals surface area contributed by atoms with Crippen LogP contribution in [0.5, 0.6) is 0 Å². The van der Waals surface area contributed by atoms with Gasteiger partial charge in [0.2, 0.25) is 0 Å². The lowest BCUT2D eigenvalue weighted by molar-refractivity contribution is -0.0311. The number of piperidine rings is 1. The minimum absolute atomic E-state index is 0.242. The molecule has 2 aromatic heterocycles. The van der Waals surface area contributed by atoms with Crippen LogP contribution in [0.2, 0.25) is 0 Å². The van der Waals surface area contributed by atoms with Gasteiger partial charge < -0.3 is 5.11 Å². The second-order valence-electron chi connectivity index (χ2n) is 10.9. The van der Waals surface area contributed by atoms with Gasteiger partial charge >= 0.3 is 10.2 Å². The van der Waals surface area contributed by atoms with Crippen molar-refractivity contribution in [2.75, 3.05) is 35.3 Å². The maximum Gasteiger partial charge on any atom is 0.327 e. The molecule has 0 spiro atoms. The number of aliphatic hydroxyl groups is 1. The molecule has 1 saturated carbocycles. The monoisotopic (exact) mass is 555 g/mol. The molecule has 1 atom stereocenters. The highest BCUT2D eigenvalue weighted by Gasteiger charge is 2.59. The van der Waals surface area contributed by atoms with Gasteiger partial charge in [0.05, 0.1) is 17.1 Å². The van der Waals surface area contributed by atoms with Crippen LogP contribution in [0.1, 0.15) is 36.1 Å². The average Bonchev–Trinajstić information content (AvgIpc) is 3.49. The Hall–Kier alpha value is -3.15. The van der Waals surface area contributed by atoms with E-state index < -0.39 is 27.7 Å². The summed E-state index contributed by atoms with van der Waals surface area (Å²) >= 11 is 0. The summed E-state index contributed by atoms with van der Waals surface area (Å²) in [6.07, 6.45) is 2.60. The van der Waals surface area contributed by atoms with Crippen molar-refractivity contribution in [3.8, 4) is 11.3 Å². The van der Waals surface area contributed by atoms with E-state index in [1.165, 1.54) is 7.05 Å². The first kappa shape index (κ1) is 26.1. The van der Waals surface area contributed by atoms with Crippen molar-refractivity contribution in [3.05, 3.63) is 71.5 Å². The summed E-state index contributed by atoms with van der Waals surface area (Å²) in [5.41, 5.74) is 3.70. The number of nitrogens with zero attached hydrogens (tertiary/aromatic N) is 5. The van der Waals surface area contributed by atoms with E-state index in [1.54, 1.807) is 18.3 Å². The van der Waals surface area contributed by atoms with Crippen LogP contribution in [-0.4, -0.2) is 61.0 Å².